The van der Waals surface area contributed by atoms with Gasteiger partial charge in [0.25, 0.3) is 5.91 Å². The van der Waals surface area contributed by atoms with Crippen LogP contribution in [0.25, 0.3) is 0 Å². The standard InChI is InChI=1S/C13H15NO6/c1-14(8-6-20-5-7(8)13(18)19)12(17)11-9(15)3-2-4-10(11)16/h2-4,7-8,15-16H,5-6H2,1H3,(H,18,19). The average molecular weight is 281 g/mol. The highest BCUT2D eigenvalue weighted by molar-refractivity contribution is 5.99. The van der Waals surface area contributed by atoms with Crippen LogP contribution in [0.4, 0.5) is 0 Å². The van der Waals surface area contributed by atoms with Crippen LogP contribution in [-0.4, -0.2) is 58.4 Å². The maximum atomic E-state index is 12.3. The summed E-state index contributed by atoms with van der Waals surface area (Å²) in [5, 5.41) is 28.4. The molecule has 1 amide bonds. The van der Waals surface area contributed by atoms with Crippen LogP contribution in [0.3, 0.4) is 0 Å². The van der Waals surface area contributed by atoms with Crippen LogP contribution in [0.2, 0.25) is 0 Å². The Hall–Kier alpha value is -2.28. The lowest BCUT2D eigenvalue weighted by Crippen LogP contribution is -2.44. The first-order valence-corrected chi connectivity index (χ1v) is 6.02. The van der Waals surface area contributed by atoms with Crippen LogP contribution in [0.5, 0.6) is 11.5 Å². The predicted molar refractivity (Wildman–Crippen MR) is 67.6 cm³/mol. The third kappa shape index (κ3) is 2.39. The summed E-state index contributed by atoms with van der Waals surface area (Å²) in [6.45, 7) is 0.137. The van der Waals surface area contributed by atoms with Gasteiger partial charge in [-0.05, 0) is 12.1 Å². The van der Waals surface area contributed by atoms with Gasteiger partial charge in [0, 0.05) is 7.05 Å². The first-order valence-electron chi connectivity index (χ1n) is 6.02. The lowest BCUT2D eigenvalue weighted by Gasteiger charge is -2.26. The molecule has 0 saturated carbocycles. The van der Waals surface area contributed by atoms with E-state index in [1.807, 2.05) is 0 Å². The fraction of sp³-hybridized carbons (Fsp3) is 0.385. The highest BCUT2D eigenvalue weighted by atomic mass is 16.5. The zero-order valence-corrected chi connectivity index (χ0v) is 10.8. The summed E-state index contributed by atoms with van der Waals surface area (Å²) in [6.07, 6.45) is 0. The number of aromatic hydroxyl groups is 2. The van der Waals surface area contributed by atoms with Gasteiger partial charge in [-0.15, -0.1) is 0 Å². The number of carbonyl (C=O) groups excluding carboxylic acids is 1. The van der Waals surface area contributed by atoms with Crippen molar-refractivity contribution >= 4 is 11.9 Å². The Balaban J connectivity index is 2.27. The second-order valence-corrected chi connectivity index (χ2v) is 4.64. The molecule has 1 aliphatic rings. The van der Waals surface area contributed by atoms with E-state index in [-0.39, 0.29) is 30.3 Å². The number of carboxylic acids is 1. The number of nitrogens with zero attached hydrogens (tertiary/aromatic N) is 1. The maximum Gasteiger partial charge on any atom is 0.311 e. The van der Waals surface area contributed by atoms with Crippen molar-refractivity contribution in [3.8, 4) is 11.5 Å². The molecule has 1 aliphatic heterocycles. The lowest BCUT2D eigenvalue weighted by molar-refractivity contribution is -0.142. The molecule has 7 nitrogen and oxygen atoms in total. The minimum absolute atomic E-state index is 0.0321. The van der Waals surface area contributed by atoms with Crippen molar-refractivity contribution in [3.63, 3.8) is 0 Å². The quantitative estimate of drug-likeness (QED) is 0.734. The Morgan fingerprint density at radius 3 is 2.40 bits per heavy atom. The number of benzene rings is 1. The maximum absolute atomic E-state index is 12.3. The summed E-state index contributed by atoms with van der Waals surface area (Å²) in [6, 6.07) is 3.32. The molecule has 0 aromatic heterocycles. The molecule has 1 saturated heterocycles. The van der Waals surface area contributed by atoms with Gasteiger partial charge in [-0.2, -0.15) is 0 Å². The first kappa shape index (κ1) is 14.1. The third-order valence-corrected chi connectivity index (χ3v) is 3.42. The largest absolute Gasteiger partial charge is 0.507 e. The minimum Gasteiger partial charge on any atom is -0.507 e. The van der Waals surface area contributed by atoms with Crippen molar-refractivity contribution in [1.82, 2.24) is 4.90 Å². The van der Waals surface area contributed by atoms with Crippen molar-refractivity contribution < 1.29 is 29.6 Å². The number of carbonyl (C=O) groups is 2. The summed E-state index contributed by atoms with van der Waals surface area (Å²) < 4.78 is 5.10. The monoisotopic (exact) mass is 281 g/mol. The topological polar surface area (TPSA) is 107 Å². The van der Waals surface area contributed by atoms with Gasteiger partial charge in [0.1, 0.15) is 23.0 Å². The van der Waals surface area contributed by atoms with Crippen molar-refractivity contribution in [2.75, 3.05) is 20.3 Å². The Bertz CT molecular complexity index is 523. The van der Waals surface area contributed by atoms with E-state index in [0.29, 0.717) is 0 Å². The number of likely N-dealkylation sites (N-methyl/N-ethyl adjacent to an activating group) is 1. The third-order valence-electron chi connectivity index (χ3n) is 3.42. The van der Waals surface area contributed by atoms with Crippen molar-refractivity contribution in [3.05, 3.63) is 23.8 Å². The fourth-order valence-electron chi connectivity index (χ4n) is 2.23. The summed E-state index contributed by atoms with van der Waals surface area (Å²) in [5.41, 5.74) is -0.244. The van der Waals surface area contributed by atoms with Crippen LogP contribution in [0, 0.1) is 5.92 Å². The minimum atomic E-state index is -1.05. The number of rotatable bonds is 3. The van der Waals surface area contributed by atoms with E-state index in [0.717, 1.165) is 0 Å². The van der Waals surface area contributed by atoms with E-state index in [4.69, 9.17) is 9.84 Å². The summed E-state index contributed by atoms with van der Waals surface area (Å²) in [5.74, 6) is -3.23. The molecular formula is C13H15NO6. The predicted octanol–water partition coefficient (Wildman–Crippen LogP) is 0.269. The SMILES string of the molecule is CN(C(=O)c1c(O)cccc1O)C1COCC1C(=O)O. The number of ether oxygens (including phenoxy) is 1. The van der Waals surface area contributed by atoms with Crippen LogP contribution in [0.15, 0.2) is 18.2 Å². The van der Waals surface area contributed by atoms with Gasteiger partial charge in [0.2, 0.25) is 0 Å². The summed E-state index contributed by atoms with van der Waals surface area (Å²) >= 11 is 0. The molecule has 3 N–H and O–H groups in total. The van der Waals surface area contributed by atoms with Crippen molar-refractivity contribution in [2.45, 2.75) is 6.04 Å². The molecular weight excluding hydrogens is 266 g/mol. The highest BCUT2D eigenvalue weighted by Gasteiger charge is 2.39. The Kier molecular flexibility index (Phi) is 3.80. The molecule has 1 heterocycles. The van der Waals surface area contributed by atoms with Crippen molar-refractivity contribution in [1.29, 1.82) is 0 Å². The van der Waals surface area contributed by atoms with Gasteiger partial charge in [0.05, 0.1) is 19.3 Å². The fourth-order valence-corrected chi connectivity index (χ4v) is 2.23. The average Bonchev–Trinajstić information content (AvgIpc) is 2.86. The molecule has 20 heavy (non-hydrogen) atoms. The second kappa shape index (κ2) is 5.38. The van der Waals surface area contributed by atoms with E-state index in [2.05, 4.69) is 0 Å². The molecule has 0 radical (unpaired) electrons. The molecule has 2 rings (SSSR count). The van der Waals surface area contributed by atoms with Gasteiger partial charge in [0.15, 0.2) is 0 Å². The number of phenolic OH excluding ortho intramolecular Hbond substituents is 2. The zero-order chi connectivity index (χ0) is 14.9. The summed E-state index contributed by atoms with van der Waals surface area (Å²) in [4.78, 5) is 24.6. The van der Waals surface area contributed by atoms with E-state index in [1.54, 1.807) is 0 Å². The van der Waals surface area contributed by atoms with Crippen LogP contribution in [-0.2, 0) is 9.53 Å². The molecule has 0 bridgehead atoms. The molecule has 2 atom stereocenters. The van der Waals surface area contributed by atoms with Crippen LogP contribution < -0.4 is 0 Å². The number of aliphatic carboxylic acids is 1. The van der Waals surface area contributed by atoms with E-state index in [1.165, 1.54) is 30.1 Å². The molecule has 1 aromatic carbocycles. The normalized spacial score (nSPS) is 21.6. The molecule has 1 fully saturated rings. The van der Waals surface area contributed by atoms with E-state index >= 15 is 0 Å². The van der Waals surface area contributed by atoms with Gasteiger partial charge in [-0.25, -0.2) is 0 Å². The number of carboxylic acid groups (broad SMARTS) is 1. The van der Waals surface area contributed by atoms with E-state index < -0.39 is 23.8 Å². The number of hydrogen-bond donors (Lipinski definition) is 3. The van der Waals surface area contributed by atoms with Crippen LogP contribution in [0.1, 0.15) is 10.4 Å². The van der Waals surface area contributed by atoms with E-state index in [9.17, 15) is 19.8 Å². The number of phenols is 2. The zero-order valence-electron chi connectivity index (χ0n) is 10.8. The van der Waals surface area contributed by atoms with Crippen LogP contribution >= 0.6 is 0 Å². The molecule has 2 unspecified atom stereocenters. The Labute approximate surface area is 115 Å². The molecule has 1 aromatic rings. The molecule has 7 heteroatoms. The van der Waals surface area contributed by atoms with Gasteiger partial charge >= 0.3 is 5.97 Å². The lowest BCUT2D eigenvalue weighted by atomic mass is 10.0. The molecule has 0 aliphatic carbocycles. The Morgan fingerprint density at radius 2 is 1.85 bits per heavy atom. The molecule has 0 spiro atoms. The Morgan fingerprint density at radius 1 is 1.25 bits per heavy atom. The molecule has 108 valence electrons. The highest BCUT2D eigenvalue weighted by Crippen LogP contribution is 2.29. The van der Waals surface area contributed by atoms with Gasteiger partial charge in [-0.1, -0.05) is 6.07 Å². The first-order chi connectivity index (χ1) is 9.43. The van der Waals surface area contributed by atoms with Gasteiger partial charge < -0.3 is 25.0 Å². The van der Waals surface area contributed by atoms with Gasteiger partial charge in [-0.3, -0.25) is 9.59 Å². The summed E-state index contributed by atoms with van der Waals surface area (Å²) in [7, 11) is 1.42. The number of hydrogen-bond acceptors (Lipinski definition) is 5. The smallest absolute Gasteiger partial charge is 0.311 e. The number of amides is 1. The van der Waals surface area contributed by atoms with Crippen molar-refractivity contribution in [2.24, 2.45) is 5.92 Å². The second-order valence-electron chi connectivity index (χ2n) is 4.64.